The van der Waals surface area contributed by atoms with E-state index in [4.69, 9.17) is 14.2 Å². The number of anilines is 1. The Morgan fingerprint density at radius 1 is 0.875 bits per heavy atom. The van der Waals surface area contributed by atoms with E-state index in [2.05, 4.69) is 4.90 Å². The second kappa shape index (κ2) is 9.54. The third-order valence-electron chi connectivity index (χ3n) is 4.58. The van der Waals surface area contributed by atoms with Crippen molar-refractivity contribution in [3.05, 3.63) is 58.6 Å². The molecule has 10 nitrogen and oxygen atoms in total. The third kappa shape index (κ3) is 6.34. The van der Waals surface area contributed by atoms with Gasteiger partial charge in [-0.25, -0.2) is 9.59 Å². The van der Waals surface area contributed by atoms with Crippen molar-refractivity contribution >= 4 is 23.6 Å². The summed E-state index contributed by atoms with van der Waals surface area (Å²) in [5, 5.41) is 10.7. The lowest BCUT2D eigenvalue weighted by Crippen LogP contribution is -2.50. The zero-order chi connectivity index (χ0) is 23.3. The second-order valence-corrected chi connectivity index (χ2v) is 8.15. The fraction of sp³-hybridized carbons (Fsp3) is 0.364. The summed E-state index contributed by atoms with van der Waals surface area (Å²) in [5.74, 6) is 0.438. The molecular formula is C22H25N3O7. The summed E-state index contributed by atoms with van der Waals surface area (Å²) in [6, 6.07) is 12.0. The average Bonchev–Trinajstić information content (AvgIpc) is 2.73. The number of ether oxygens (including phenoxy) is 3. The summed E-state index contributed by atoms with van der Waals surface area (Å²) in [4.78, 5) is 38.1. The molecule has 0 N–H and O–H groups in total. The predicted molar refractivity (Wildman–Crippen MR) is 116 cm³/mol. The van der Waals surface area contributed by atoms with Crippen LogP contribution in [0.3, 0.4) is 0 Å². The van der Waals surface area contributed by atoms with Gasteiger partial charge in [0.25, 0.3) is 5.69 Å². The Hall–Kier alpha value is -3.82. The smallest absolute Gasteiger partial charge is 0.444 e. The number of nitro benzene ring substituents is 1. The Kier molecular flexibility index (Phi) is 6.82. The summed E-state index contributed by atoms with van der Waals surface area (Å²) in [7, 11) is 0. The molecule has 170 valence electrons. The molecule has 1 saturated heterocycles. The Morgan fingerprint density at radius 3 is 1.84 bits per heavy atom. The number of carbonyl (C=O) groups is 2. The molecule has 32 heavy (non-hydrogen) atoms. The van der Waals surface area contributed by atoms with E-state index in [1.165, 1.54) is 24.3 Å². The van der Waals surface area contributed by atoms with Crippen molar-refractivity contribution in [1.82, 2.24) is 4.90 Å². The minimum atomic E-state index is -0.947. The lowest BCUT2D eigenvalue weighted by atomic mass is 10.2. The molecule has 0 aromatic heterocycles. The number of nitrogens with zero attached hydrogens (tertiary/aromatic N) is 3. The first-order valence-electron chi connectivity index (χ1n) is 10.1. The fourth-order valence-electron chi connectivity index (χ4n) is 3.05. The predicted octanol–water partition coefficient (Wildman–Crippen LogP) is 4.23. The number of benzene rings is 2. The van der Waals surface area contributed by atoms with Crippen molar-refractivity contribution in [2.45, 2.75) is 26.4 Å². The van der Waals surface area contributed by atoms with Gasteiger partial charge in [0.1, 0.15) is 17.1 Å². The van der Waals surface area contributed by atoms with E-state index in [0.717, 1.165) is 5.69 Å². The summed E-state index contributed by atoms with van der Waals surface area (Å²) in [5.41, 5.74) is 0.307. The van der Waals surface area contributed by atoms with E-state index in [1.807, 2.05) is 32.9 Å². The topological polar surface area (TPSA) is 111 Å². The van der Waals surface area contributed by atoms with Crippen LogP contribution in [0.5, 0.6) is 11.5 Å². The molecule has 10 heteroatoms. The molecule has 0 spiro atoms. The number of carbonyl (C=O) groups excluding carboxylic acids is 2. The molecule has 1 aliphatic heterocycles. The summed E-state index contributed by atoms with van der Waals surface area (Å²) < 4.78 is 15.6. The van der Waals surface area contributed by atoms with Crippen LogP contribution in [0, 0.1) is 10.1 Å². The molecule has 2 aromatic rings. The number of nitro groups is 1. The van der Waals surface area contributed by atoms with Crippen molar-refractivity contribution in [1.29, 1.82) is 0 Å². The van der Waals surface area contributed by atoms with Gasteiger partial charge in [0.2, 0.25) is 0 Å². The van der Waals surface area contributed by atoms with Crippen LogP contribution >= 0.6 is 0 Å². The van der Waals surface area contributed by atoms with Crippen LogP contribution in [0.1, 0.15) is 20.8 Å². The highest BCUT2D eigenvalue weighted by Gasteiger charge is 2.26. The zero-order valence-corrected chi connectivity index (χ0v) is 18.1. The summed E-state index contributed by atoms with van der Waals surface area (Å²) >= 11 is 0. The molecule has 0 radical (unpaired) electrons. The third-order valence-corrected chi connectivity index (χ3v) is 4.58. The van der Waals surface area contributed by atoms with Crippen LogP contribution < -0.4 is 14.4 Å². The molecule has 2 aromatic carbocycles. The monoisotopic (exact) mass is 443 g/mol. The molecule has 0 unspecified atom stereocenters. The Balaban J connectivity index is 1.49. The molecule has 0 saturated carbocycles. The lowest BCUT2D eigenvalue weighted by molar-refractivity contribution is -0.384. The lowest BCUT2D eigenvalue weighted by Gasteiger charge is -2.36. The van der Waals surface area contributed by atoms with Crippen molar-refractivity contribution in [3.63, 3.8) is 0 Å². The summed E-state index contributed by atoms with van der Waals surface area (Å²) in [6.07, 6.45) is -1.26. The normalized spacial score (nSPS) is 14.0. The first kappa shape index (κ1) is 22.9. The van der Waals surface area contributed by atoms with Crippen LogP contribution in [0.4, 0.5) is 21.0 Å². The first-order valence-corrected chi connectivity index (χ1v) is 10.1. The van der Waals surface area contributed by atoms with E-state index < -0.39 is 16.7 Å². The number of non-ortho nitro benzene ring substituents is 1. The maximum Gasteiger partial charge on any atom is 0.519 e. The minimum Gasteiger partial charge on any atom is -0.444 e. The van der Waals surface area contributed by atoms with Crippen molar-refractivity contribution in [2.24, 2.45) is 0 Å². The van der Waals surface area contributed by atoms with E-state index in [0.29, 0.717) is 31.9 Å². The Morgan fingerprint density at radius 2 is 1.38 bits per heavy atom. The van der Waals surface area contributed by atoms with Crippen LogP contribution in [0.15, 0.2) is 48.5 Å². The van der Waals surface area contributed by atoms with Crippen LogP contribution in [-0.2, 0) is 4.74 Å². The molecule has 0 bridgehead atoms. The number of hydrogen-bond acceptors (Lipinski definition) is 8. The van der Waals surface area contributed by atoms with Gasteiger partial charge in [-0.2, -0.15) is 0 Å². The van der Waals surface area contributed by atoms with Gasteiger partial charge in [-0.1, -0.05) is 0 Å². The first-order chi connectivity index (χ1) is 15.1. The highest BCUT2D eigenvalue weighted by Crippen LogP contribution is 2.23. The van der Waals surface area contributed by atoms with E-state index in [1.54, 1.807) is 17.0 Å². The van der Waals surface area contributed by atoms with Crippen molar-refractivity contribution in [3.8, 4) is 11.5 Å². The van der Waals surface area contributed by atoms with Crippen LogP contribution in [0.25, 0.3) is 0 Å². The van der Waals surface area contributed by atoms with Gasteiger partial charge in [0.05, 0.1) is 4.92 Å². The zero-order valence-electron chi connectivity index (χ0n) is 18.1. The van der Waals surface area contributed by atoms with E-state index in [9.17, 15) is 19.7 Å². The van der Waals surface area contributed by atoms with Gasteiger partial charge < -0.3 is 24.0 Å². The van der Waals surface area contributed by atoms with Gasteiger partial charge in [0.15, 0.2) is 0 Å². The number of rotatable bonds is 4. The molecule has 1 amide bonds. The van der Waals surface area contributed by atoms with Gasteiger partial charge in [-0.3, -0.25) is 10.1 Å². The average molecular weight is 443 g/mol. The molecule has 1 heterocycles. The molecule has 1 aliphatic rings. The minimum absolute atomic E-state index is 0.103. The van der Waals surface area contributed by atoms with Crippen molar-refractivity contribution in [2.75, 3.05) is 31.1 Å². The SMILES string of the molecule is CC(C)(C)OC(=O)N1CCN(c2ccc(OC(=O)Oc3ccc([N+](=O)[O-])cc3)cc2)CC1. The Labute approximate surface area is 185 Å². The maximum atomic E-state index is 12.2. The fourth-order valence-corrected chi connectivity index (χ4v) is 3.05. The van der Waals surface area contributed by atoms with Gasteiger partial charge in [-0.15, -0.1) is 0 Å². The molecule has 3 rings (SSSR count). The molecule has 0 atom stereocenters. The molecule has 0 aliphatic carbocycles. The van der Waals surface area contributed by atoms with Crippen LogP contribution in [-0.4, -0.2) is 53.9 Å². The van der Waals surface area contributed by atoms with Crippen molar-refractivity contribution < 1.29 is 28.7 Å². The highest BCUT2D eigenvalue weighted by atomic mass is 16.7. The highest BCUT2D eigenvalue weighted by molar-refractivity contribution is 5.69. The van der Waals surface area contributed by atoms with E-state index in [-0.39, 0.29) is 17.5 Å². The van der Waals surface area contributed by atoms with Crippen LogP contribution in [0.2, 0.25) is 0 Å². The standard InChI is InChI=1S/C22H25N3O7/c1-22(2,3)32-20(26)24-14-12-23(13-15-24)16-4-8-18(9-5-16)30-21(27)31-19-10-6-17(7-11-19)25(28)29/h4-11H,12-15H2,1-3H3. The Bertz CT molecular complexity index is 961. The number of hydrogen-bond donors (Lipinski definition) is 0. The van der Waals surface area contributed by atoms with Gasteiger partial charge in [-0.05, 0) is 57.2 Å². The quantitative estimate of drug-likeness (QED) is 0.299. The largest absolute Gasteiger partial charge is 0.519 e. The second-order valence-electron chi connectivity index (χ2n) is 8.15. The number of amides is 1. The van der Waals surface area contributed by atoms with Gasteiger partial charge in [0, 0.05) is 44.0 Å². The summed E-state index contributed by atoms with van der Waals surface area (Å²) in [6.45, 7) is 7.93. The van der Waals surface area contributed by atoms with E-state index >= 15 is 0 Å². The van der Waals surface area contributed by atoms with Gasteiger partial charge >= 0.3 is 12.2 Å². The number of piperazine rings is 1. The molecule has 1 fully saturated rings. The maximum absolute atomic E-state index is 12.2. The molecular weight excluding hydrogens is 418 g/mol.